The molecule has 2 aromatic carbocycles. The number of hydrogen-bond acceptors (Lipinski definition) is 4. The van der Waals surface area contributed by atoms with E-state index >= 15 is 0 Å². The Morgan fingerprint density at radius 3 is 2.70 bits per heavy atom. The minimum absolute atomic E-state index is 0.0402. The van der Waals surface area contributed by atoms with Crippen LogP contribution in [-0.4, -0.2) is 39.9 Å². The van der Waals surface area contributed by atoms with Gasteiger partial charge >= 0.3 is 12.4 Å². The molecule has 0 saturated carbocycles. The van der Waals surface area contributed by atoms with Crippen molar-refractivity contribution < 1.29 is 31.5 Å². The van der Waals surface area contributed by atoms with Crippen LogP contribution in [0.4, 0.5) is 26.7 Å². The van der Waals surface area contributed by atoms with Gasteiger partial charge in [0, 0.05) is 49.9 Å². The first-order valence-corrected chi connectivity index (χ1v) is 12.5. The van der Waals surface area contributed by atoms with Crippen molar-refractivity contribution in [3.05, 3.63) is 101 Å². The second-order valence-corrected chi connectivity index (χ2v) is 9.53. The van der Waals surface area contributed by atoms with Crippen LogP contribution >= 0.6 is 0 Å². The van der Waals surface area contributed by atoms with Crippen LogP contribution < -0.4 is 10.1 Å². The van der Waals surface area contributed by atoms with E-state index in [1.54, 1.807) is 19.1 Å². The lowest BCUT2D eigenvalue weighted by molar-refractivity contribution is -0.274. The summed E-state index contributed by atoms with van der Waals surface area (Å²) >= 11 is 0. The Morgan fingerprint density at radius 2 is 1.95 bits per heavy atom. The summed E-state index contributed by atoms with van der Waals surface area (Å²) in [6, 6.07) is 11.2. The van der Waals surface area contributed by atoms with Crippen LogP contribution in [0, 0.1) is 18.7 Å². The van der Waals surface area contributed by atoms with Crippen LogP contribution in [0.25, 0.3) is 17.0 Å². The lowest BCUT2D eigenvalue weighted by Crippen LogP contribution is -2.34. The number of ether oxygens (including phenoxy) is 1. The summed E-state index contributed by atoms with van der Waals surface area (Å²) in [5, 5.41) is 3.23. The summed E-state index contributed by atoms with van der Waals surface area (Å²) in [5.74, 6) is -1.35. The number of fused-ring (bicyclic) bond motifs is 3. The maximum Gasteiger partial charge on any atom is 0.573 e. The van der Waals surface area contributed by atoms with Crippen molar-refractivity contribution in [2.24, 2.45) is 0 Å². The molecule has 0 radical (unpaired) electrons. The number of amides is 1. The van der Waals surface area contributed by atoms with Crippen LogP contribution in [0.2, 0.25) is 0 Å². The van der Waals surface area contributed by atoms with Crippen molar-refractivity contribution >= 4 is 23.0 Å². The predicted molar refractivity (Wildman–Crippen MR) is 140 cm³/mol. The van der Waals surface area contributed by atoms with E-state index < -0.39 is 18.3 Å². The Kier molecular flexibility index (Phi) is 7.57. The topological polar surface area (TPSA) is 59.4 Å². The van der Waals surface area contributed by atoms with Gasteiger partial charge in [-0.2, -0.15) is 4.39 Å². The van der Waals surface area contributed by atoms with E-state index in [9.17, 15) is 26.7 Å². The van der Waals surface area contributed by atoms with Gasteiger partial charge < -0.3 is 10.1 Å². The molecule has 4 aromatic rings. The van der Waals surface area contributed by atoms with Crippen molar-refractivity contribution in [1.29, 1.82) is 0 Å². The molecule has 0 fully saturated rings. The molecule has 40 heavy (non-hydrogen) atoms. The van der Waals surface area contributed by atoms with Gasteiger partial charge in [-0.3, -0.25) is 9.47 Å². The Balaban J connectivity index is 1.42. The van der Waals surface area contributed by atoms with E-state index in [1.165, 1.54) is 41.1 Å². The number of rotatable bonds is 6. The lowest BCUT2D eigenvalue weighted by atomic mass is 10.0. The van der Waals surface area contributed by atoms with E-state index in [0.29, 0.717) is 59.3 Å². The molecular formula is C29H25F5N4O2. The second kappa shape index (κ2) is 11.1. The number of nitrogens with zero attached hydrogens (tertiary/aromatic N) is 3. The van der Waals surface area contributed by atoms with E-state index in [1.807, 2.05) is 18.2 Å². The number of alkyl halides is 3. The van der Waals surface area contributed by atoms with E-state index in [4.69, 9.17) is 0 Å². The van der Waals surface area contributed by atoms with Crippen molar-refractivity contribution in [3.63, 3.8) is 0 Å². The summed E-state index contributed by atoms with van der Waals surface area (Å²) in [4.78, 5) is 18.9. The SMILES string of the molecule is Cc1ccc(/C=C/CN2CCc3c(c4cc(OC(F)(F)F)ccc4n3C(=O)NCc3ccnc(F)c3)C2)cc1F. The van der Waals surface area contributed by atoms with Crippen molar-refractivity contribution in [2.45, 2.75) is 32.8 Å². The van der Waals surface area contributed by atoms with E-state index in [0.717, 1.165) is 5.56 Å². The van der Waals surface area contributed by atoms with Crippen LogP contribution in [-0.2, 0) is 19.5 Å². The maximum atomic E-state index is 13.9. The monoisotopic (exact) mass is 556 g/mol. The van der Waals surface area contributed by atoms with Crippen LogP contribution in [0.5, 0.6) is 5.75 Å². The Morgan fingerprint density at radius 1 is 1.12 bits per heavy atom. The number of aryl methyl sites for hydroxylation is 1. The van der Waals surface area contributed by atoms with Gasteiger partial charge in [0.15, 0.2) is 0 Å². The van der Waals surface area contributed by atoms with E-state index in [-0.39, 0.29) is 18.1 Å². The maximum absolute atomic E-state index is 13.9. The van der Waals surface area contributed by atoms with Gasteiger partial charge in [0.05, 0.1) is 5.52 Å². The minimum Gasteiger partial charge on any atom is -0.406 e. The number of pyridine rings is 1. The third-order valence-corrected chi connectivity index (χ3v) is 6.74. The van der Waals surface area contributed by atoms with Gasteiger partial charge in [-0.05, 0) is 65.6 Å². The summed E-state index contributed by atoms with van der Waals surface area (Å²) in [6.07, 6.45) is 0.604. The minimum atomic E-state index is -4.86. The molecule has 5 rings (SSSR count). The average Bonchev–Trinajstić information content (AvgIpc) is 3.21. The van der Waals surface area contributed by atoms with Gasteiger partial charge in [-0.15, -0.1) is 13.2 Å². The molecule has 11 heteroatoms. The van der Waals surface area contributed by atoms with Gasteiger partial charge in [-0.1, -0.05) is 24.3 Å². The van der Waals surface area contributed by atoms with Gasteiger partial charge in [-0.25, -0.2) is 14.2 Å². The van der Waals surface area contributed by atoms with Gasteiger partial charge in [0.1, 0.15) is 11.6 Å². The van der Waals surface area contributed by atoms with Crippen LogP contribution in [0.3, 0.4) is 0 Å². The Bertz CT molecular complexity index is 1600. The molecule has 6 nitrogen and oxygen atoms in total. The summed E-state index contributed by atoms with van der Waals surface area (Å²) in [5.41, 5.74) is 3.62. The molecule has 208 valence electrons. The number of benzene rings is 2. The van der Waals surface area contributed by atoms with Crippen molar-refractivity contribution in [3.8, 4) is 5.75 Å². The number of hydrogen-bond donors (Lipinski definition) is 1. The molecule has 2 aromatic heterocycles. The molecule has 0 unspecified atom stereocenters. The average molecular weight is 557 g/mol. The number of halogens is 5. The highest BCUT2D eigenvalue weighted by atomic mass is 19.4. The standard InChI is InChI=1S/C29H25F5N4O2/c1-18-4-5-19(13-24(18)30)3-2-11-37-12-9-26-23(17-37)22-15-21(40-29(32,33)34)6-7-25(22)38(26)28(39)36-16-20-8-10-35-27(31)14-20/h2-8,10,13-15H,9,11-12,16-17H2,1H3,(H,36,39)/b3-2+. The van der Waals surface area contributed by atoms with Crippen molar-refractivity contribution in [2.75, 3.05) is 13.1 Å². The van der Waals surface area contributed by atoms with Crippen LogP contribution in [0.15, 0.2) is 60.8 Å². The molecule has 3 heterocycles. The van der Waals surface area contributed by atoms with E-state index in [2.05, 4.69) is 19.9 Å². The molecule has 0 atom stereocenters. The fraction of sp³-hybridized carbons (Fsp3) is 0.241. The molecule has 1 amide bonds. The van der Waals surface area contributed by atoms with Gasteiger partial charge in [0.2, 0.25) is 5.95 Å². The highest BCUT2D eigenvalue weighted by Gasteiger charge is 2.32. The van der Waals surface area contributed by atoms with Crippen molar-refractivity contribution in [1.82, 2.24) is 19.8 Å². The fourth-order valence-corrected chi connectivity index (χ4v) is 4.84. The molecule has 0 bridgehead atoms. The Hall–Kier alpha value is -4.25. The second-order valence-electron chi connectivity index (χ2n) is 9.53. The molecule has 1 aliphatic heterocycles. The number of nitrogens with one attached hydrogen (secondary N) is 1. The third kappa shape index (κ3) is 6.15. The molecule has 1 aliphatic rings. The molecular weight excluding hydrogens is 531 g/mol. The lowest BCUT2D eigenvalue weighted by Gasteiger charge is -2.27. The zero-order chi connectivity index (χ0) is 28.4. The molecule has 0 aliphatic carbocycles. The zero-order valence-electron chi connectivity index (χ0n) is 21.4. The number of aromatic nitrogens is 2. The zero-order valence-corrected chi connectivity index (χ0v) is 21.4. The first-order valence-electron chi connectivity index (χ1n) is 12.5. The molecule has 0 saturated heterocycles. The number of carbonyl (C=O) groups is 1. The molecule has 0 spiro atoms. The smallest absolute Gasteiger partial charge is 0.406 e. The predicted octanol–water partition coefficient (Wildman–Crippen LogP) is 6.35. The number of carbonyl (C=O) groups excluding carboxylic acids is 1. The first kappa shape index (κ1) is 27.3. The summed E-state index contributed by atoms with van der Waals surface area (Å²) in [6.45, 7) is 3.21. The fourth-order valence-electron chi connectivity index (χ4n) is 4.84. The first-order chi connectivity index (χ1) is 19.1. The highest BCUT2D eigenvalue weighted by molar-refractivity contribution is 5.96. The third-order valence-electron chi connectivity index (χ3n) is 6.74. The largest absolute Gasteiger partial charge is 0.573 e. The summed E-state index contributed by atoms with van der Waals surface area (Å²) in [7, 11) is 0. The molecule has 1 N–H and O–H groups in total. The highest BCUT2D eigenvalue weighted by Crippen LogP contribution is 2.35. The quantitative estimate of drug-likeness (QED) is 0.222. The summed E-state index contributed by atoms with van der Waals surface area (Å²) < 4.78 is 71.7. The Labute approximate surface area is 226 Å². The normalized spacial score (nSPS) is 14.1. The van der Waals surface area contributed by atoms with Gasteiger partial charge in [0.25, 0.3) is 0 Å². The van der Waals surface area contributed by atoms with Crippen LogP contribution in [0.1, 0.15) is 27.9 Å².